The van der Waals surface area contributed by atoms with E-state index >= 15 is 0 Å². The van der Waals surface area contributed by atoms with Crippen molar-refractivity contribution in [3.05, 3.63) is 71.1 Å². The third-order valence-corrected chi connectivity index (χ3v) is 3.55. The highest BCUT2D eigenvalue weighted by atomic mass is 35.5. The molecule has 0 saturated carbocycles. The number of rotatable bonds is 3. The lowest BCUT2D eigenvalue weighted by Crippen LogP contribution is -1.99. The second-order valence-electron chi connectivity index (χ2n) is 4.72. The van der Waals surface area contributed by atoms with E-state index in [9.17, 15) is 5.11 Å². The van der Waals surface area contributed by atoms with Crippen molar-refractivity contribution in [1.82, 2.24) is 14.8 Å². The Kier molecular flexibility index (Phi) is 3.77. The number of phenols is 1. The van der Waals surface area contributed by atoms with Crippen LogP contribution in [0.4, 0.5) is 5.69 Å². The fraction of sp³-hybridized carbons (Fsp3) is 0.0625. The molecule has 0 amide bonds. The smallest absolute Gasteiger partial charge is 0.194 e. The third kappa shape index (κ3) is 2.78. The zero-order chi connectivity index (χ0) is 15.5. The van der Waals surface area contributed by atoms with Gasteiger partial charge in [0.05, 0.1) is 18.1 Å². The fourth-order valence-corrected chi connectivity index (χ4v) is 2.37. The molecule has 3 rings (SSSR count). The Labute approximate surface area is 132 Å². The SMILES string of the molecule is [C-]#[N+]c1ccc(Cn2cncn2)cc1-c1ccc(O)c(Cl)c1. The number of benzene rings is 2. The molecule has 6 heteroatoms. The van der Waals surface area contributed by atoms with Gasteiger partial charge in [0, 0.05) is 0 Å². The van der Waals surface area contributed by atoms with Crippen LogP contribution < -0.4 is 0 Å². The molecule has 5 nitrogen and oxygen atoms in total. The zero-order valence-electron chi connectivity index (χ0n) is 11.4. The van der Waals surface area contributed by atoms with Crippen molar-refractivity contribution >= 4 is 17.3 Å². The van der Waals surface area contributed by atoms with Crippen LogP contribution in [0, 0.1) is 6.57 Å². The first-order valence-corrected chi connectivity index (χ1v) is 6.87. The molecule has 0 aliphatic rings. The van der Waals surface area contributed by atoms with E-state index in [-0.39, 0.29) is 10.8 Å². The minimum atomic E-state index is 0.0218. The average Bonchev–Trinajstić information content (AvgIpc) is 3.03. The third-order valence-electron chi connectivity index (χ3n) is 3.25. The van der Waals surface area contributed by atoms with E-state index < -0.39 is 0 Å². The van der Waals surface area contributed by atoms with Crippen molar-refractivity contribution in [2.45, 2.75) is 6.54 Å². The first-order chi connectivity index (χ1) is 10.7. The van der Waals surface area contributed by atoms with Crippen LogP contribution in [0.25, 0.3) is 16.0 Å². The highest BCUT2D eigenvalue weighted by molar-refractivity contribution is 6.32. The summed E-state index contributed by atoms with van der Waals surface area (Å²) in [4.78, 5) is 7.46. The molecule has 2 aromatic carbocycles. The van der Waals surface area contributed by atoms with E-state index in [0.717, 1.165) is 16.7 Å². The van der Waals surface area contributed by atoms with Gasteiger partial charge in [0.2, 0.25) is 0 Å². The van der Waals surface area contributed by atoms with Gasteiger partial charge in [-0.3, -0.25) is 0 Å². The summed E-state index contributed by atoms with van der Waals surface area (Å²) < 4.78 is 1.71. The van der Waals surface area contributed by atoms with Crippen molar-refractivity contribution < 1.29 is 5.11 Å². The van der Waals surface area contributed by atoms with Gasteiger partial charge in [0.15, 0.2) is 5.69 Å². The Bertz CT molecular complexity index is 853. The fourth-order valence-electron chi connectivity index (χ4n) is 2.19. The largest absolute Gasteiger partial charge is 0.506 e. The van der Waals surface area contributed by atoms with Crippen molar-refractivity contribution in [3.63, 3.8) is 0 Å². The second kappa shape index (κ2) is 5.88. The van der Waals surface area contributed by atoms with Gasteiger partial charge < -0.3 is 5.11 Å². The minimum Gasteiger partial charge on any atom is -0.506 e. The Morgan fingerprint density at radius 2 is 2.09 bits per heavy atom. The van der Waals surface area contributed by atoms with E-state index in [1.54, 1.807) is 29.2 Å². The van der Waals surface area contributed by atoms with Gasteiger partial charge in [0.25, 0.3) is 0 Å². The molecular formula is C16H11ClN4O. The highest BCUT2D eigenvalue weighted by Crippen LogP contribution is 2.35. The lowest BCUT2D eigenvalue weighted by atomic mass is 10.0. The van der Waals surface area contributed by atoms with E-state index in [2.05, 4.69) is 14.9 Å². The number of halogens is 1. The van der Waals surface area contributed by atoms with E-state index in [0.29, 0.717) is 12.2 Å². The Hall–Kier alpha value is -2.84. The van der Waals surface area contributed by atoms with Crippen LogP contribution >= 0.6 is 11.6 Å². The van der Waals surface area contributed by atoms with Crippen LogP contribution in [-0.4, -0.2) is 19.9 Å². The molecular weight excluding hydrogens is 300 g/mol. The van der Waals surface area contributed by atoms with Gasteiger partial charge in [-0.15, -0.1) is 0 Å². The van der Waals surface area contributed by atoms with Gasteiger partial charge in [-0.2, -0.15) is 5.10 Å². The average molecular weight is 311 g/mol. The summed E-state index contributed by atoms with van der Waals surface area (Å²) in [5, 5.41) is 13.9. The van der Waals surface area contributed by atoms with Gasteiger partial charge in [-0.1, -0.05) is 35.9 Å². The van der Waals surface area contributed by atoms with Crippen LogP contribution in [0.5, 0.6) is 5.75 Å². The normalized spacial score (nSPS) is 10.4. The Morgan fingerprint density at radius 1 is 1.23 bits per heavy atom. The molecule has 0 aliphatic carbocycles. The van der Waals surface area contributed by atoms with Crippen LogP contribution in [-0.2, 0) is 6.54 Å². The zero-order valence-corrected chi connectivity index (χ0v) is 12.2. The minimum absolute atomic E-state index is 0.0218. The van der Waals surface area contributed by atoms with Crippen molar-refractivity contribution in [1.29, 1.82) is 0 Å². The van der Waals surface area contributed by atoms with Gasteiger partial charge in [-0.05, 0) is 28.8 Å². The van der Waals surface area contributed by atoms with Crippen molar-refractivity contribution in [3.8, 4) is 16.9 Å². The Balaban J connectivity index is 2.04. The predicted molar refractivity (Wildman–Crippen MR) is 83.9 cm³/mol. The van der Waals surface area contributed by atoms with Gasteiger partial charge in [-0.25, -0.2) is 14.5 Å². The van der Waals surface area contributed by atoms with Crippen LogP contribution in [0.3, 0.4) is 0 Å². The highest BCUT2D eigenvalue weighted by Gasteiger charge is 2.09. The molecule has 22 heavy (non-hydrogen) atoms. The second-order valence-corrected chi connectivity index (χ2v) is 5.13. The maximum Gasteiger partial charge on any atom is 0.194 e. The van der Waals surface area contributed by atoms with E-state index in [4.69, 9.17) is 18.2 Å². The Morgan fingerprint density at radius 3 is 2.77 bits per heavy atom. The summed E-state index contributed by atoms with van der Waals surface area (Å²) >= 11 is 5.96. The number of aromatic nitrogens is 3. The van der Waals surface area contributed by atoms with Crippen molar-refractivity contribution in [2.24, 2.45) is 0 Å². The molecule has 0 spiro atoms. The number of hydrogen-bond donors (Lipinski definition) is 1. The molecule has 1 N–H and O–H groups in total. The molecule has 3 aromatic rings. The number of phenolic OH excluding ortho intramolecular Hbond substituents is 1. The van der Waals surface area contributed by atoms with Crippen LogP contribution in [0.2, 0.25) is 5.02 Å². The molecule has 0 atom stereocenters. The summed E-state index contributed by atoms with van der Waals surface area (Å²) in [6, 6.07) is 10.5. The van der Waals surface area contributed by atoms with Gasteiger partial charge in [0.1, 0.15) is 18.4 Å². The van der Waals surface area contributed by atoms with E-state index in [1.807, 2.05) is 12.1 Å². The summed E-state index contributed by atoms with van der Waals surface area (Å²) in [7, 11) is 0. The molecule has 0 unspecified atom stereocenters. The molecule has 0 saturated heterocycles. The summed E-state index contributed by atoms with van der Waals surface area (Å²) in [5.41, 5.74) is 3.09. The maximum absolute atomic E-state index is 9.53. The number of aromatic hydroxyl groups is 1. The predicted octanol–water partition coefficient (Wildman–Crippen LogP) is 3.90. The number of nitrogens with zero attached hydrogens (tertiary/aromatic N) is 4. The van der Waals surface area contributed by atoms with Gasteiger partial charge >= 0.3 is 0 Å². The topological polar surface area (TPSA) is 55.3 Å². The number of hydrogen-bond acceptors (Lipinski definition) is 3. The molecule has 0 aliphatic heterocycles. The molecule has 1 heterocycles. The lowest BCUT2D eigenvalue weighted by Gasteiger charge is -2.09. The summed E-state index contributed by atoms with van der Waals surface area (Å²) in [6.07, 6.45) is 3.12. The maximum atomic E-state index is 9.53. The summed E-state index contributed by atoms with van der Waals surface area (Å²) in [6.45, 7) is 7.88. The standard InChI is InChI=1S/C16H11ClN4O/c1-18-15-4-2-11(8-21-10-19-9-20-21)6-13(15)12-3-5-16(22)14(17)7-12/h2-7,9-10,22H,8H2. The molecule has 0 fully saturated rings. The first-order valence-electron chi connectivity index (χ1n) is 6.49. The van der Waals surface area contributed by atoms with Crippen LogP contribution in [0.1, 0.15) is 5.56 Å². The molecule has 0 bridgehead atoms. The molecule has 108 valence electrons. The van der Waals surface area contributed by atoms with E-state index in [1.165, 1.54) is 12.4 Å². The molecule has 0 radical (unpaired) electrons. The first kappa shape index (κ1) is 14.1. The van der Waals surface area contributed by atoms with Crippen LogP contribution in [0.15, 0.2) is 49.1 Å². The summed E-state index contributed by atoms with van der Waals surface area (Å²) in [5.74, 6) is 0.0218. The van der Waals surface area contributed by atoms with Crippen molar-refractivity contribution in [2.75, 3.05) is 0 Å². The monoisotopic (exact) mass is 310 g/mol. The molecule has 1 aromatic heterocycles. The quantitative estimate of drug-likeness (QED) is 0.746. The lowest BCUT2D eigenvalue weighted by molar-refractivity contribution is 0.475.